The molecule has 1 N–H and O–H groups in total. The Balaban J connectivity index is 1.59. The Hall–Kier alpha value is -3.03. The SMILES string of the molecule is CNC(=O)c1c2c(cn(CCc3ccccc3)c1=O)CN(C(=O)CC1CC1(F)F)CC2. The molecule has 0 bridgehead atoms. The van der Waals surface area contributed by atoms with Crippen LogP contribution in [0.15, 0.2) is 41.3 Å². The van der Waals surface area contributed by atoms with E-state index in [1.807, 2.05) is 30.3 Å². The summed E-state index contributed by atoms with van der Waals surface area (Å²) in [5.41, 5.74) is 2.17. The number of amides is 2. The molecule has 2 heterocycles. The number of nitrogens with one attached hydrogen (secondary N) is 1. The van der Waals surface area contributed by atoms with Gasteiger partial charge < -0.3 is 14.8 Å². The Kier molecular flexibility index (Phi) is 5.64. The molecule has 0 saturated heterocycles. The van der Waals surface area contributed by atoms with Gasteiger partial charge in [0.1, 0.15) is 5.56 Å². The molecule has 31 heavy (non-hydrogen) atoms. The van der Waals surface area contributed by atoms with Gasteiger partial charge >= 0.3 is 0 Å². The van der Waals surface area contributed by atoms with Crippen LogP contribution in [-0.4, -0.2) is 40.8 Å². The highest BCUT2D eigenvalue weighted by atomic mass is 19.3. The summed E-state index contributed by atoms with van der Waals surface area (Å²) < 4.78 is 27.9. The number of aromatic nitrogens is 1. The van der Waals surface area contributed by atoms with E-state index in [0.717, 1.165) is 5.56 Å². The number of hydrogen-bond acceptors (Lipinski definition) is 3. The second-order valence-electron chi connectivity index (χ2n) is 8.25. The van der Waals surface area contributed by atoms with E-state index in [-0.39, 0.29) is 36.4 Å². The Morgan fingerprint density at radius 3 is 2.58 bits per heavy atom. The van der Waals surface area contributed by atoms with E-state index < -0.39 is 17.7 Å². The van der Waals surface area contributed by atoms with Crippen molar-refractivity contribution >= 4 is 11.8 Å². The number of fused-ring (bicyclic) bond motifs is 1. The average Bonchev–Trinajstić information content (AvgIpc) is 3.37. The molecule has 1 unspecified atom stereocenters. The lowest BCUT2D eigenvalue weighted by atomic mass is 9.95. The summed E-state index contributed by atoms with van der Waals surface area (Å²) in [6.45, 7) is 0.909. The lowest BCUT2D eigenvalue weighted by Crippen LogP contribution is -2.41. The van der Waals surface area contributed by atoms with Crippen LogP contribution in [0.4, 0.5) is 8.78 Å². The molecule has 0 radical (unpaired) electrons. The highest BCUT2D eigenvalue weighted by Gasteiger charge is 2.57. The van der Waals surface area contributed by atoms with Gasteiger partial charge in [-0.15, -0.1) is 0 Å². The molecule has 1 atom stereocenters. The molecule has 2 aliphatic rings. The monoisotopic (exact) mass is 429 g/mol. The number of nitrogens with zero attached hydrogens (tertiary/aromatic N) is 2. The van der Waals surface area contributed by atoms with Gasteiger partial charge in [0.05, 0.1) is 0 Å². The molecule has 1 saturated carbocycles. The highest BCUT2D eigenvalue weighted by Crippen LogP contribution is 2.50. The summed E-state index contributed by atoms with van der Waals surface area (Å²) >= 11 is 0. The predicted octanol–water partition coefficient (Wildman–Crippen LogP) is 2.38. The molecule has 1 aliphatic heterocycles. The van der Waals surface area contributed by atoms with Crippen LogP contribution in [0.3, 0.4) is 0 Å². The zero-order valence-electron chi connectivity index (χ0n) is 17.4. The number of benzene rings is 1. The maximum atomic E-state index is 13.2. The minimum absolute atomic E-state index is 0.105. The highest BCUT2D eigenvalue weighted by molar-refractivity contribution is 5.95. The molecule has 1 aliphatic carbocycles. The van der Waals surface area contributed by atoms with Crippen LogP contribution in [0.2, 0.25) is 0 Å². The molecule has 8 heteroatoms. The van der Waals surface area contributed by atoms with Gasteiger partial charge in [0.2, 0.25) is 5.91 Å². The summed E-state index contributed by atoms with van der Waals surface area (Å²) in [6, 6.07) is 9.71. The number of rotatable bonds is 6. The standard InChI is InChI=1S/C23H25F2N3O3/c1-26-21(30)20-18-8-10-27(19(29)11-17-12-23(17,24)25)13-16(18)14-28(22(20)31)9-7-15-5-3-2-4-6-15/h2-6,14,17H,7-13H2,1H3,(H,26,30). The average molecular weight is 429 g/mol. The zero-order valence-corrected chi connectivity index (χ0v) is 17.4. The summed E-state index contributed by atoms with van der Waals surface area (Å²) in [5, 5.41) is 2.53. The Morgan fingerprint density at radius 2 is 1.94 bits per heavy atom. The van der Waals surface area contributed by atoms with E-state index in [2.05, 4.69) is 5.32 Å². The number of aryl methyl sites for hydroxylation is 2. The van der Waals surface area contributed by atoms with E-state index in [4.69, 9.17) is 0 Å². The topological polar surface area (TPSA) is 71.4 Å². The fourth-order valence-electron chi connectivity index (χ4n) is 4.17. The Bertz CT molecular complexity index is 1070. The van der Waals surface area contributed by atoms with Crippen molar-refractivity contribution in [3.8, 4) is 0 Å². The minimum atomic E-state index is -2.73. The van der Waals surface area contributed by atoms with Crippen LogP contribution in [-0.2, 0) is 30.7 Å². The lowest BCUT2D eigenvalue weighted by Gasteiger charge is -2.30. The van der Waals surface area contributed by atoms with Crippen molar-refractivity contribution in [1.82, 2.24) is 14.8 Å². The Labute approximate surface area is 178 Å². The van der Waals surface area contributed by atoms with Gasteiger partial charge in [-0.05, 0) is 29.5 Å². The molecule has 6 nitrogen and oxygen atoms in total. The first-order chi connectivity index (χ1) is 14.8. The number of alkyl halides is 2. The molecule has 2 aromatic rings. The van der Waals surface area contributed by atoms with Crippen molar-refractivity contribution in [1.29, 1.82) is 0 Å². The van der Waals surface area contributed by atoms with Crippen LogP contribution in [0.5, 0.6) is 0 Å². The van der Waals surface area contributed by atoms with Gasteiger partial charge in [-0.1, -0.05) is 30.3 Å². The van der Waals surface area contributed by atoms with Crippen molar-refractivity contribution in [3.05, 3.63) is 69.1 Å². The maximum Gasteiger partial charge on any atom is 0.263 e. The van der Waals surface area contributed by atoms with Crippen LogP contribution < -0.4 is 10.9 Å². The van der Waals surface area contributed by atoms with Crippen molar-refractivity contribution in [3.63, 3.8) is 0 Å². The predicted molar refractivity (Wildman–Crippen MR) is 111 cm³/mol. The van der Waals surface area contributed by atoms with Gasteiger partial charge in [-0.3, -0.25) is 14.4 Å². The first kappa shape index (κ1) is 21.2. The number of carbonyl (C=O) groups excluding carboxylic acids is 2. The van der Waals surface area contributed by atoms with E-state index in [9.17, 15) is 23.2 Å². The fraction of sp³-hybridized carbons (Fsp3) is 0.435. The molecular formula is C23H25F2N3O3. The third-order valence-corrected chi connectivity index (χ3v) is 6.14. The van der Waals surface area contributed by atoms with Crippen LogP contribution >= 0.6 is 0 Å². The van der Waals surface area contributed by atoms with Crippen molar-refractivity contribution in [2.24, 2.45) is 5.92 Å². The quantitative estimate of drug-likeness (QED) is 0.767. The zero-order chi connectivity index (χ0) is 22.2. The second-order valence-corrected chi connectivity index (χ2v) is 8.25. The van der Waals surface area contributed by atoms with E-state index in [1.54, 1.807) is 11.1 Å². The largest absolute Gasteiger partial charge is 0.355 e. The number of hydrogen-bond donors (Lipinski definition) is 1. The molecule has 4 rings (SSSR count). The van der Waals surface area contributed by atoms with E-state index in [0.29, 0.717) is 37.1 Å². The van der Waals surface area contributed by atoms with Gasteiger partial charge in [0, 0.05) is 51.6 Å². The number of halogens is 2. The van der Waals surface area contributed by atoms with Gasteiger partial charge in [0.25, 0.3) is 17.4 Å². The summed E-state index contributed by atoms with van der Waals surface area (Å²) in [7, 11) is 1.48. The fourth-order valence-corrected chi connectivity index (χ4v) is 4.17. The molecular weight excluding hydrogens is 404 g/mol. The van der Waals surface area contributed by atoms with Gasteiger partial charge in [0.15, 0.2) is 0 Å². The lowest BCUT2D eigenvalue weighted by molar-refractivity contribution is -0.133. The smallest absolute Gasteiger partial charge is 0.263 e. The first-order valence-electron chi connectivity index (χ1n) is 10.5. The summed E-state index contributed by atoms with van der Waals surface area (Å²) in [6.07, 6.45) is 2.27. The molecule has 1 fully saturated rings. The van der Waals surface area contributed by atoms with Crippen LogP contribution in [0, 0.1) is 5.92 Å². The van der Waals surface area contributed by atoms with Gasteiger partial charge in [-0.25, -0.2) is 8.78 Å². The number of carbonyl (C=O) groups is 2. The molecule has 0 spiro atoms. The first-order valence-corrected chi connectivity index (χ1v) is 10.5. The van der Waals surface area contributed by atoms with Gasteiger partial charge in [-0.2, -0.15) is 0 Å². The summed E-state index contributed by atoms with van der Waals surface area (Å²) in [4.78, 5) is 39.6. The molecule has 2 amide bonds. The minimum Gasteiger partial charge on any atom is -0.355 e. The van der Waals surface area contributed by atoms with Crippen molar-refractivity contribution < 1.29 is 18.4 Å². The van der Waals surface area contributed by atoms with Crippen LogP contribution in [0.1, 0.15) is 39.9 Å². The van der Waals surface area contributed by atoms with E-state index >= 15 is 0 Å². The molecule has 164 valence electrons. The molecule has 1 aromatic carbocycles. The summed E-state index contributed by atoms with van der Waals surface area (Å²) in [5.74, 6) is -4.36. The normalized spacial score (nSPS) is 18.9. The Morgan fingerprint density at radius 1 is 1.23 bits per heavy atom. The van der Waals surface area contributed by atoms with Crippen molar-refractivity contribution in [2.45, 2.75) is 44.7 Å². The van der Waals surface area contributed by atoms with Crippen molar-refractivity contribution in [2.75, 3.05) is 13.6 Å². The molecule has 1 aromatic heterocycles. The van der Waals surface area contributed by atoms with Crippen LogP contribution in [0.25, 0.3) is 0 Å². The third-order valence-electron chi connectivity index (χ3n) is 6.14. The van der Waals surface area contributed by atoms with E-state index in [1.165, 1.54) is 11.6 Å². The number of pyridine rings is 1. The third kappa shape index (κ3) is 4.38. The second kappa shape index (κ2) is 8.24. The maximum absolute atomic E-state index is 13.2.